The highest BCUT2D eigenvalue weighted by Gasteiger charge is 2.18. The Morgan fingerprint density at radius 3 is 2.05 bits per heavy atom. The summed E-state index contributed by atoms with van der Waals surface area (Å²) in [6, 6.07) is 8.45. The van der Waals surface area contributed by atoms with Gasteiger partial charge in [0.05, 0.1) is 6.42 Å². The predicted octanol–water partition coefficient (Wildman–Crippen LogP) is 4.59. The lowest BCUT2D eigenvalue weighted by atomic mass is 9.83. The van der Waals surface area contributed by atoms with Gasteiger partial charge < -0.3 is 5.11 Å². The molecule has 1 rings (SSSR count). The van der Waals surface area contributed by atoms with E-state index in [0.717, 1.165) is 12.0 Å². The first-order valence-electron chi connectivity index (χ1n) is 7.02. The molecular weight excluding hydrogens is 236 g/mol. The second kappa shape index (κ2) is 6.23. The Morgan fingerprint density at radius 1 is 1.16 bits per heavy atom. The number of aliphatic carboxylic acids is 1. The van der Waals surface area contributed by atoms with Crippen molar-refractivity contribution in [2.75, 3.05) is 0 Å². The molecule has 1 atom stereocenters. The first-order valence-corrected chi connectivity index (χ1v) is 7.02. The average molecular weight is 262 g/mol. The van der Waals surface area contributed by atoms with Crippen molar-refractivity contribution in [3.05, 3.63) is 35.4 Å². The summed E-state index contributed by atoms with van der Waals surface area (Å²) in [5.74, 6) is -0.0938. The highest BCUT2D eigenvalue weighted by atomic mass is 16.4. The fourth-order valence-electron chi connectivity index (χ4n) is 2.37. The van der Waals surface area contributed by atoms with Gasteiger partial charge in [0, 0.05) is 0 Å². The summed E-state index contributed by atoms with van der Waals surface area (Å²) in [6.07, 6.45) is 1.13. The summed E-state index contributed by atoms with van der Waals surface area (Å²) in [5.41, 5.74) is 2.57. The first-order chi connectivity index (χ1) is 8.70. The monoisotopic (exact) mass is 262 g/mol. The third-order valence-corrected chi connectivity index (χ3v) is 3.43. The maximum absolute atomic E-state index is 11.0. The zero-order valence-electron chi connectivity index (χ0n) is 12.7. The molecule has 19 heavy (non-hydrogen) atoms. The molecule has 0 aliphatic rings. The number of rotatable bonds is 5. The lowest BCUT2D eigenvalue weighted by Gasteiger charge is -2.22. The van der Waals surface area contributed by atoms with E-state index in [1.165, 1.54) is 5.56 Å². The van der Waals surface area contributed by atoms with Crippen molar-refractivity contribution < 1.29 is 9.90 Å². The van der Waals surface area contributed by atoms with Gasteiger partial charge in [-0.3, -0.25) is 4.79 Å². The van der Waals surface area contributed by atoms with E-state index in [9.17, 15) is 4.79 Å². The summed E-state index contributed by atoms with van der Waals surface area (Å²) < 4.78 is 0. The molecule has 0 radical (unpaired) electrons. The Balaban J connectivity index is 2.93. The second-order valence-electron chi connectivity index (χ2n) is 6.80. The summed E-state index contributed by atoms with van der Waals surface area (Å²) >= 11 is 0. The summed E-state index contributed by atoms with van der Waals surface area (Å²) in [4.78, 5) is 11.0. The molecule has 0 saturated carbocycles. The van der Waals surface area contributed by atoms with Gasteiger partial charge in [-0.25, -0.2) is 0 Å². The van der Waals surface area contributed by atoms with E-state index in [0.29, 0.717) is 5.92 Å². The Kier molecular flexibility index (Phi) is 5.16. The summed E-state index contributed by atoms with van der Waals surface area (Å²) in [7, 11) is 0. The Morgan fingerprint density at radius 2 is 1.68 bits per heavy atom. The summed E-state index contributed by atoms with van der Waals surface area (Å²) in [6.45, 7) is 10.8. The molecule has 1 N–H and O–H groups in total. The van der Waals surface area contributed by atoms with Crippen molar-refractivity contribution in [2.24, 2.45) is 5.92 Å². The minimum Gasteiger partial charge on any atom is -0.481 e. The van der Waals surface area contributed by atoms with Crippen LogP contribution in [0.2, 0.25) is 0 Å². The topological polar surface area (TPSA) is 37.3 Å². The Labute approximate surface area is 116 Å². The van der Waals surface area contributed by atoms with Crippen molar-refractivity contribution in [1.82, 2.24) is 0 Å². The fraction of sp³-hybridized carbons (Fsp3) is 0.588. The van der Waals surface area contributed by atoms with E-state index in [1.54, 1.807) is 0 Å². The van der Waals surface area contributed by atoms with Crippen LogP contribution in [0.4, 0.5) is 0 Å². The van der Waals surface area contributed by atoms with Gasteiger partial charge in [0.25, 0.3) is 0 Å². The van der Waals surface area contributed by atoms with Gasteiger partial charge >= 0.3 is 5.97 Å². The van der Waals surface area contributed by atoms with Crippen LogP contribution in [0.1, 0.15) is 64.5 Å². The van der Waals surface area contributed by atoms with Gasteiger partial charge in [-0.1, -0.05) is 58.9 Å². The molecule has 0 fully saturated rings. The Hall–Kier alpha value is -1.31. The minimum absolute atomic E-state index is 0.117. The molecule has 0 aliphatic carbocycles. The van der Waals surface area contributed by atoms with E-state index < -0.39 is 5.97 Å². The maximum Gasteiger partial charge on any atom is 0.303 e. The fourth-order valence-corrected chi connectivity index (χ4v) is 2.37. The number of hydrogen-bond donors (Lipinski definition) is 1. The first kappa shape index (κ1) is 15.7. The van der Waals surface area contributed by atoms with Crippen molar-refractivity contribution >= 4 is 5.97 Å². The molecule has 1 unspecified atom stereocenters. The van der Waals surface area contributed by atoms with E-state index in [2.05, 4.69) is 58.9 Å². The van der Waals surface area contributed by atoms with Crippen LogP contribution < -0.4 is 0 Å². The van der Waals surface area contributed by atoms with Gasteiger partial charge in [0.2, 0.25) is 0 Å². The molecule has 0 heterocycles. The lowest BCUT2D eigenvalue weighted by molar-refractivity contribution is -0.137. The van der Waals surface area contributed by atoms with Crippen molar-refractivity contribution in [1.29, 1.82) is 0 Å². The van der Waals surface area contributed by atoms with Crippen LogP contribution >= 0.6 is 0 Å². The number of carbonyl (C=O) groups is 1. The van der Waals surface area contributed by atoms with Gasteiger partial charge in [0.1, 0.15) is 0 Å². The molecule has 2 nitrogen and oxygen atoms in total. The molecule has 0 amide bonds. The number of carboxylic acid groups (broad SMARTS) is 1. The number of benzene rings is 1. The maximum atomic E-state index is 11.0. The van der Waals surface area contributed by atoms with Crippen LogP contribution in [0, 0.1) is 5.92 Å². The zero-order chi connectivity index (χ0) is 14.6. The van der Waals surface area contributed by atoms with E-state index >= 15 is 0 Å². The van der Waals surface area contributed by atoms with Crippen LogP contribution in [0.3, 0.4) is 0 Å². The summed E-state index contributed by atoms with van der Waals surface area (Å²) in [5, 5.41) is 9.04. The molecule has 0 aromatic heterocycles. The standard InChI is InChI=1S/C17H26O2/c1-12(2)10-14(11-16(18)19)13-6-8-15(9-7-13)17(3,4)5/h6-9,12,14H,10-11H2,1-5H3,(H,18,19). The van der Waals surface area contributed by atoms with Gasteiger partial charge in [-0.15, -0.1) is 0 Å². The third-order valence-electron chi connectivity index (χ3n) is 3.43. The molecule has 0 aliphatic heterocycles. The highest BCUT2D eigenvalue weighted by Crippen LogP contribution is 2.29. The third kappa shape index (κ3) is 5.06. The zero-order valence-corrected chi connectivity index (χ0v) is 12.7. The van der Waals surface area contributed by atoms with Crippen LogP contribution in [0.5, 0.6) is 0 Å². The van der Waals surface area contributed by atoms with Crippen molar-refractivity contribution in [2.45, 2.75) is 58.8 Å². The van der Waals surface area contributed by atoms with Crippen molar-refractivity contribution in [3.8, 4) is 0 Å². The SMILES string of the molecule is CC(C)CC(CC(=O)O)c1ccc(C(C)(C)C)cc1. The smallest absolute Gasteiger partial charge is 0.303 e. The average Bonchev–Trinajstić information content (AvgIpc) is 2.26. The van der Waals surface area contributed by atoms with Crippen LogP contribution in [-0.4, -0.2) is 11.1 Å². The molecule has 0 spiro atoms. The Bertz CT molecular complexity index is 410. The van der Waals surface area contributed by atoms with Gasteiger partial charge in [-0.2, -0.15) is 0 Å². The molecule has 0 bridgehead atoms. The predicted molar refractivity (Wildman–Crippen MR) is 79.6 cm³/mol. The van der Waals surface area contributed by atoms with E-state index in [4.69, 9.17) is 5.11 Å². The van der Waals surface area contributed by atoms with Crippen LogP contribution in [0.25, 0.3) is 0 Å². The molecule has 1 aromatic carbocycles. The minimum atomic E-state index is -0.717. The van der Waals surface area contributed by atoms with Crippen LogP contribution in [0.15, 0.2) is 24.3 Å². The second-order valence-corrected chi connectivity index (χ2v) is 6.80. The highest BCUT2D eigenvalue weighted by molar-refractivity contribution is 5.68. The molecule has 106 valence electrons. The molecule has 0 saturated heterocycles. The number of hydrogen-bond acceptors (Lipinski definition) is 1. The van der Waals surface area contributed by atoms with E-state index in [-0.39, 0.29) is 17.8 Å². The number of carboxylic acids is 1. The molecule has 1 aromatic rings. The van der Waals surface area contributed by atoms with Gasteiger partial charge in [-0.05, 0) is 34.8 Å². The largest absolute Gasteiger partial charge is 0.481 e. The van der Waals surface area contributed by atoms with Crippen LogP contribution in [-0.2, 0) is 10.2 Å². The lowest BCUT2D eigenvalue weighted by Crippen LogP contribution is -2.12. The van der Waals surface area contributed by atoms with Gasteiger partial charge in [0.15, 0.2) is 0 Å². The normalized spacial score (nSPS) is 13.6. The quantitative estimate of drug-likeness (QED) is 0.842. The van der Waals surface area contributed by atoms with E-state index in [1.807, 2.05) is 0 Å². The molecular formula is C17H26O2. The van der Waals surface area contributed by atoms with Crippen molar-refractivity contribution in [3.63, 3.8) is 0 Å². The molecule has 2 heteroatoms.